The summed E-state index contributed by atoms with van der Waals surface area (Å²) in [5, 5.41) is 0.484. The average molecular weight is 327 g/mol. The van der Waals surface area contributed by atoms with Crippen molar-refractivity contribution < 1.29 is 25.8 Å². The molecule has 0 unspecified atom stereocenters. The average Bonchev–Trinajstić information content (AvgIpc) is 2.76. The van der Waals surface area contributed by atoms with Crippen LogP contribution in [0.1, 0.15) is 24.8 Å². The van der Waals surface area contributed by atoms with Crippen LogP contribution >= 0.6 is 11.6 Å². The van der Waals surface area contributed by atoms with Crippen molar-refractivity contribution in [1.29, 1.82) is 0 Å². The van der Waals surface area contributed by atoms with Gasteiger partial charge in [-0.2, -0.15) is 21.6 Å². The lowest BCUT2D eigenvalue weighted by molar-refractivity contribution is -0.0522. The molecule has 0 heterocycles. The van der Waals surface area contributed by atoms with E-state index in [4.69, 9.17) is 11.6 Å². The highest BCUT2D eigenvalue weighted by Gasteiger charge is 2.49. The third-order valence-corrected chi connectivity index (χ3v) is 4.09. The number of alkyl halides is 3. The Kier molecular flexibility index (Phi) is 4.02. The lowest BCUT2D eigenvalue weighted by atomic mass is 10.1. The van der Waals surface area contributed by atoms with Crippen molar-refractivity contribution in [3.05, 3.63) is 40.6 Å². The van der Waals surface area contributed by atoms with Crippen LogP contribution in [0.5, 0.6) is 0 Å². The van der Waals surface area contributed by atoms with Gasteiger partial charge in [-0.05, 0) is 36.1 Å². The van der Waals surface area contributed by atoms with Gasteiger partial charge in [0.2, 0.25) is 0 Å². The van der Waals surface area contributed by atoms with Crippen LogP contribution in [0.15, 0.2) is 30.0 Å². The molecule has 0 saturated carbocycles. The maximum absolute atomic E-state index is 12.3. The molecule has 1 aromatic rings. The molecule has 0 spiro atoms. The number of allylic oxidation sites excluding steroid dienone is 2. The second kappa shape index (κ2) is 5.29. The van der Waals surface area contributed by atoms with E-state index in [1.54, 1.807) is 24.3 Å². The Morgan fingerprint density at radius 3 is 2.25 bits per heavy atom. The highest BCUT2D eigenvalue weighted by atomic mass is 35.5. The lowest BCUT2D eigenvalue weighted by Gasteiger charge is -2.12. The van der Waals surface area contributed by atoms with Gasteiger partial charge < -0.3 is 4.18 Å². The van der Waals surface area contributed by atoms with E-state index in [9.17, 15) is 21.6 Å². The summed E-state index contributed by atoms with van der Waals surface area (Å²) >= 11 is 5.73. The minimum atomic E-state index is -5.61. The number of rotatable bonds is 3. The molecule has 3 nitrogen and oxygen atoms in total. The van der Waals surface area contributed by atoms with Gasteiger partial charge in [0.15, 0.2) is 0 Å². The second-order valence-corrected chi connectivity index (χ2v) is 6.22. The number of halogens is 4. The monoisotopic (exact) mass is 326 g/mol. The van der Waals surface area contributed by atoms with Gasteiger partial charge in [0.1, 0.15) is 5.76 Å². The zero-order valence-corrected chi connectivity index (χ0v) is 11.6. The molecule has 0 aromatic heterocycles. The molecule has 1 aliphatic carbocycles. The topological polar surface area (TPSA) is 43.4 Å². The molecule has 8 heteroatoms. The molecular weight excluding hydrogens is 317 g/mol. The summed E-state index contributed by atoms with van der Waals surface area (Å²) in [5.41, 5.74) is -4.35. The molecule has 0 radical (unpaired) electrons. The van der Waals surface area contributed by atoms with Crippen LogP contribution in [-0.4, -0.2) is 13.9 Å². The maximum Gasteiger partial charge on any atom is 0.534 e. The van der Waals surface area contributed by atoms with Gasteiger partial charge in [-0.25, -0.2) is 0 Å². The van der Waals surface area contributed by atoms with E-state index in [0.29, 0.717) is 29.0 Å². The molecule has 1 aliphatic rings. The van der Waals surface area contributed by atoms with E-state index >= 15 is 0 Å². The molecule has 0 amide bonds. The zero-order chi connectivity index (χ0) is 15.0. The predicted octanol–water partition coefficient (Wildman–Crippen LogP) is 4.10. The molecule has 110 valence electrons. The maximum atomic E-state index is 12.3. The smallest absolute Gasteiger partial charge is 0.380 e. The highest BCUT2D eigenvalue weighted by molar-refractivity contribution is 7.87. The quantitative estimate of drug-likeness (QED) is 0.620. The summed E-state index contributed by atoms with van der Waals surface area (Å²) in [4.78, 5) is 0. The minimum absolute atomic E-state index is 0.148. The van der Waals surface area contributed by atoms with Crippen LogP contribution in [0, 0.1) is 0 Å². The Morgan fingerprint density at radius 1 is 1.10 bits per heavy atom. The Balaban J connectivity index is 2.34. The number of benzene rings is 1. The fraction of sp³-hybridized carbons (Fsp3) is 0.333. The van der Waals surface area contributed by atoms with Crippen LogP contribution in [-0.2, 0) is 14.3 Å². The molecule has 0 fully saturated rings. The first-order valence-corrected chi connectivity index (χ1v) is 7.48. The summed E-state index contributed by atoms with van der Waals surface area (Å²) < 4.78 is 63.3. The van der Waals surface area contributed by atoms with Crippen molar-refractivity contribution >= 4 is 27.3 Å². The predicted molar refractivity (Wildman–Crippen MR) is 68.3 cm³/mol. The van der Waals surface area contributed by atoms with E-state index in [1.807, 2.05) is 0 Å². The Labute approximate surface area is 119 Å². The van der Waals surface area contributed by atoms with Gasteiger partial charge in [-0.15, -0.1) is 0 Å². The molecule has 2 rings (SSSR count). The van der Waals surface area contributed by atoms with Crippen LogP contribution in [0.25, 0.3) is 5.57 Å². The summed E-state index contributed by atoms with van der Waals surface area (Å²) in [5.74, 6) is -0.148. The molecule has 0 N–H and O–H groups in total. The van der Waals surface area contributed by atoms with E-state index in [1.165, 1.54) is 0 Å². The van der Waals surface area contributed by atoms with Crippen molar-refractivity contribution in [2.75, 3.05) is 0 Å². The highest BCUT2D eigenvalue weighted by Crippen LogP contribution is 2.38. The van der Waals surface area contributed by atoms with Gasteiger partial charge in [-0.1, -0.05) is 23.7 Å². The van der Waals surface area contributed by atoms with E-state index < -0.39 is 15.6 Å². The van der Waals surface area contributed by atoms with Crippen molar-refractivity contribution in [3.8, 4) is 0 Å². The Bertz CT molecular complexity index is 633. The first-order valence-electron chi connectivity index (χ1n) is 5.69. The standard InChI is InChI=1S/C12H10ClF3O3S/c13-9-6-4-8(5-7-9)10-2-1-3-11(10)19-20(17,18)12(14,15)16/h4-7H,1-3H2. The fourth-order valence-corrected chi connectivity index (χ4v) is 2.61. The normalized spacial score (nSPS) is 16.6. The van der Waals surface area contributed by atoms with E-state index in [0.717, 1.165) is 0 Å². The van der Waals surface area contributed by atoms with Crippen LogP contribution in [0.2, 0.25) is 5.02 Å². The van der Waals surface area contributed by atoms with Crippen LogP contribution < -0.4 is 0 Å². The Hall–Kier alpha value is -1.21. The van der Waals surface area contributed by atoms with Crippen LogP contribution in [0.4, 0.5) is 13.2 Å². The third-order valence-electron chi connectivity index (χ3n) is 2.85. The number of hydrogen-bond donors (Lipinski definition) is 0. The molecule has 0 saturated heterocycles. The van der Waals surface area contributed by atoms with Gasteiger partial charge in [-0.3, -0.25) is 0 Å². The molecule has 0 bridgehead atoms. The lowest BCUT2D eigenvalue weighted by Crippen LogP contribution is -2.25. The van der Waals surface area contributed by atoms with E-state index in [2.05, 4.69) is 4.18 Å². The second-order valence-electron chi connectivity index (χ2n) is 4.25. The van der Waals surface area contributed by atoms with Gasteiger partial charge in [0, 0.05) is 11.4 Å². The molecule has 0 aliphatic heterocycles. The summed E-state index contributed by atoms with van der Waals surface area (Å²) in [6, 6.07) is 6.40. The molecule has 20 heavy (non-hydrogen) atoms. The van der Waals surface area contributed by atoms with Crippen molar-refractivity contribution in [3.63, 3.8) is 0 Å². The summed E-state index contributed by atoms with van der Waals surface area (Å²) in [7, 11) is -5.61. The van der Waals surface area contributed by atoms with Crippen molar-refractivity contribution in [2.24, 2.45) is 0 Å². The summed E-state index contributed by atoms with van der Waals surface area (Å²) in [6.45, 7) is 0. The first-order chi connectivity index (χ1) is 9.21. The first kappa shape index (κ1) is 15.2. The van der Waals surface area contributed by atoms with Crippen molar-refractivity contribution in [1.82, 2.24) is 0 Å². The fourth-order valence-electron chi connectivity index (χ4n) is 1.94. The SMILES string of the molecule is O=S(=O)(OC1=C(c2ccc(Cl)cc2)CCC1)C(F)(F)F. The summed E-state index contributed by atoms with van der Waals surface area (Å²) in [6.07, 6.45) is 1.16. The zero-order valence-electron chi connectivity index (χ0n) is 10.1. The van der Waals surface area contributed by atoms with Gasteiger partial charge in [0.25, 0.3) is 0 Å². The molecule has 0 atom stereocenters. The van der Waals surface area contributed by atoms with Crippen LogP contribution in [0.3, 0.4) is 0 Å². The minimum Gasteiger partial charge on any atom is -0.380 e. The largest absolute Gasteiger partial charge is 0.534 e. The van der Waals surface area contributed by atoms with E-state index in [-0.39, 0.29) is 12.2 Å². The van der Waals surface area contributed by atoms with Gasteiger partial charge in [0.05, 0.1) is 0 Å². The Morgan fingerprint density at radius 2 is 1.70 bits per heavy atom. The third kappa shape index (κ3) is 3.09. The molecule has 1 aromatic carbocycles. The number of hydrogen-bond acceptors (Lipinski definition) is 3. The van der Waals surface area contributed by atoms with Crippen molar-refractivity contribution in [2.45, 2.75) is 24.8 Å². The molecular formula is C12H10ClF3O3S. The van der Waals surface area contributed by atoms with Gasteiger partial charge >= 0.3 is 15.6 Å².